The van der Waals surface area contributed by atoms with Crippen LogP contribution in [0.2, 0.25) is 0 Å². The molecule has 7 heteroatoms. The fourth-order valence-electron chi connectivity index (χ4n) is 2.74. The first-order valence-electron chi connectivity index (χ1n) is 6.61. The number of hydrogen-bond acceptors (Lipinski definition) is 3. The Kier molecular flexibility index (Phi) is 3.04. The summed E-state index contributed by atoms with van der Waals surface area (Å²) in [5, 5.41) is 5.75. The van der Waals surface area contributed by atoms with E-state index in [4.69, 9.17) is 5.73 Å². The third-order valence-corrected chi connectivity index (χ3v) is 3.65. The SMILES string of the molecule is NC1=[NH+]C2(CCCC2)[NH+]=C(Nc2ccc(F)cc2F)N1. The molecule has 0 unspecified atom stereocenters. The van der Waals surface area contributed by atoms with Crippen molar-refractivity contribution in [1.82, 2.24) is 5.32 Å². The number of anilines is 1. The minimum absolute atomic E-state index is 0.184. The van der Waals surface area contributed by atoms with E-state index in [0.29, 0.717) is 11.9 Å². The van der Waals surface area contributed by atoms with Crippen molar-refractivity contribution >= 4 is 17.6 Å². The molecule has 1 aromatic carbocycles. The van der Waals surface area contributed by atoms with E-state index < -0.39 is 11.6 Å². The lowest BCUT2D eigenvalue weighted by molar-refractivity contribution is -0.797. The first-order valence-corrected chi connectivity index (χ1v) is 6.61. The van der Waals surface area contributed by atoms with Gasteiger partial charge in [0.05, 0.1) is 0 Å². The van der Waals surface area contributed by atoms with Gasteiger partial charge in [0.1, 0.15) is 11.5 Å². The van der Waals surface area contributed by atoms with Gasteiger partial charge in [-0.25, -0.2) is 24.1 Å². The second-order valence-corrected chi connectivity index (χ2v) is 5.20. The van der Waals surface area contributed by atoms with Crippen molar-refractivity contribution in [3.63, 3.8) is 0 Å². The molecule has 6 N–H and O–H groups in total. The Balaban J connectivity index is 1.85. The van der Waals surface area contributed by atoms with Gasteiger partial charge in [-0.2, -0.15) is 5.32 Å². The minimum Gasteiger partial charge on any atom is -0.290 e. The van der Waals surface area contributed by atoms with Crippen LogP contribution < -0.4 is 26.4 Å². The van der Waals surface area contributed by atoms with Crippen molar-refractivity contribution in [3.8, 4) is 0 Å². The molecule has 1 aliphatic heterocycles. The van der Waals surface area contributed by atoms with Gasteiger partial charge < -0.3 is 0 Å². The first kappa shape index (κ1) is 12.8. The lowest BCUT2D eigenvalue weighted by Crippen LogP contribution is -3.14. The highest BCUT2D eigenvalue weighted by Gasteiger charge is 2.40. The normalized spacial score (nSPS) is 20.3. The van der Waals surface area contributed by atoms with E-state index in [0.717, 1.165) is 31.7 Å². The van der Waals surface area contributed by atoms with Crippen LogP contribution in [-0.4, -0.2) is 17.6 Å². The van der Waals surface area contributed by atoms with Gasteiger partial charge in [0, 0.05) is 18.9 Å². The smallest absolute Gasteiger partial charge is 0.290 e. The molecule has 1 saturated carbocycles. The van der Waals surface area contributed by atoms with Gasteiger partial charge in [0.15, 0.2) is 5.82 Å². The molecule has 0 saturated heterocycles. The molecule has 2 aliphatic rings. The summed E-state index contributed by atoms with van der Waals surface area (Å²) in [4.78, 5) is 6.46. The van der Waals surface area contributed by atoms with E-state index in [9.17, 15) is 8.78 Å². The van der Waals surface area contributed by atoms with Crippen LogP contribution in [0.1, 0.15) is 25.7 Å². The predicted molar refractivity (Wildman–Crippen MR) is 70.4 cm³/mol. The predicted octanol–water partition coefficient (Wildman–Crippen LogP) is -1.92. The summed E-state index contributed by atoms with van der Waals surface area (Å²) in [6, 6.07) is 3.38. The van der Waals surface area contributed by atoms with E-state index in [1.807, 2.05) is 0 Å². The third kappa shape index (κ3) is 2.43. The largest absolute Gasteiger partial charge is 0.361 e. The van der Waals surface area contributed by atoms with Crippen molar-refractivity contribution in [2.24, 2.45) is 5.73 Å². The number of halogens is 2. The molecular formula is C13H17F2N5+2. The molecule has 1 spiro atoms. The Morgan fingerprint density at radius 1 is 1.20 bits per heavy atom. The van der Waals surface area contributed by atoms with Gasteiger partial charge in [-0.1, -0.05) is 0 Å². The summed E-state index contributed by atoms with van der Waals surface area (Å²) < 4.78 is 26.5. The molecule has 0 amide bonds. The van der Waals surface area contributed by atoms with Crippen LogP contribution in [0.4, 0.5) is 14.5 Å². The maximum atomic E-state index is 13.6. The maximum Gasteiger partial charge on any atom is 0.361 e. The number of nitrogens with two attached hydrogens (primary N) is 1. The molecule has 3 rings (SSSR count). The van der Waals surface area contributed by atoms with Gasteiger partial charge in [-0.3, -0.25) is 5.73 Å². The lowest BCUT2D eigenvalue weighted by atomic mass is 10.1. The highest BCUT2D eigenvalue weighted by molar-refractivity contribution is 6.00. The molecule has 5 nitrogen and oxygen atoms in total. The Labute approximate surface area is 115 Å². The van der Waals surface area contributed by atoms with Crippen LogP contribution in [0.25, 0.3) is 0 Å². The molecule has 1 fully saturated rings. The van der Waals surface area contributed by atoms with E-state index in [1.165, 1.54) is 12.1 Å². The zero-order chi connectivity index (χ0) is 14.2. The molecule has 1 aromatic rings. The minimum atomic E-state index is -0.654. The monoisotopic (exact) mass is 281 g/mol. The Morgan fingerprint density at radius 3 is 2.65 bits per heavy atom. The van der Waals surface area contributed by atoms with E-state index >= 15 is 0 Å². The van der Waals surface area contributed by atoms with Gasteiger partial charge >= 0.3 is 11.9 Å². The first-order chi connectivity index (χ1) is 9.56. The van der Waals surface area contributed by atoms with Crippen molar-refractivity contribution < 1.29 is 18.8 Å². The molecule has 20 heavy (non-hydrogen) atoms. The molecule has 1 heterocycles. The zero-order valence-corrected chi connectivity index (χ0v) is 10.9. The van der Waals surface area contributed by atoms with Gasteiger partial charge in [0.25, 0.3) is 0 Å². The molecule has 0 aromatic heterocycles. The number of nitrogens with one attached hydrogen (secondary N) is 4. The summed E-state index contributed by atoms with van der Waals surface area (Å²) >= 11 is 0. The molecule has 106 valence electrons. The third-order valence-electron chi connectivity index (χ3n) is 3.65. The Hall–Kier alpha value is -2.18. The second kappa shape index (κ2) is 4.73. The number of rotatable bonds is 1. The quantitative estimate of drug-likeness (QED) is 0.416. The topological polar surface area (TPSA) is 78.0 Å². The summed E-state index contributed by atoms with van der Waals surface area (Å²) in [5.41, 5.74) is 5.74. The lowest BCUT2D eigenvalue weighted by Gasteiger charge is -2.22. The van der Waals surface area contributed by atoms with Crippen molar-refractivity contribution in [3.05, 3.63) is 29.8 Å². The maximum absolute atomic E-state index is 13.6. The summed E-state index contributed by atoms with van der Waals surface area (Å²) in [5.74, 6) is -0.356. The van der Waals surface area contributed by atoms with E-state index in [1.54, 1.807) is 0 Å². The van der Waals surface area contributed by atoms with Gasteiger partial charge in [-0.15, -0.1) is 0 Å². The van der Waals surface area contributed by atoms with Crippen LogP contribution in [0, 0.1) is 11.6 Å². The standard InChI is InChI=1S/C13H15F2N5/c14-8-3-4-10(9(15)7-8)17-12-18-11(16)19-13(20-12)5-1-2-6-13/h3-4,7H,1-2,5-6H2,(H4,16,17,18,19,20)/p+2. The highest BCUT2D eigenvalue weighted by Crippen LogP contribution is 2.19. The Bertz CT molecular complexity index is 590. The van der Waals surface area contributed by atoms with Gasteiger partial charge in [0.2, 0.25) is 5.66 Å². The number of hydrogen-bond donors (Lipinski definition) is 5. The van der Waals surface area contributed by atoms with Crippen LogP contribution >= 0.6 is 0 Å². The van der Waals surface area contributed by atoms with Crippen molar-refractivity contribution in [2.45, 2.75) is 31.3 Å². The van der Waals surface area contributed by atoms with Crippen LogP contribution in [0.3, 0.4) is 0 Å². The second-order valence-electron chi connectivity index (χ2n) is 5.20. The zero-order valence-electron chi connectivity index (χ0n) is 10.9. The summed E-state index contributed by atoms with van der Waals surface area (Å²) in [6.07, 6.45) is 4.08. The van der Waals surface area contributed by atoms with Crippen LogP contribution in [0.5, 0.6) is 0 Å². The Morgan fingerprint density at radius 2 is 1.95 bits per heavy atom. The van der Waals surface area contributed by atoms with E-state index in [2.05, 4.69) is 20.6 Å². The summed E-state index contributed by atoms with van der Waals surface area (Å²) in [6.45, 7) is 0. The van der Waals surface area contributed by atoms with E-state index in [-0.39, 0.29) is 11.4 Å². The van der Waals surface area contributed by atoms with Crippen LogP contribution in [-0.2, 0) is 0 Å². The molecule has 0 atom stereocenters. The molecular weight excluding hydrogens is 264 g/mol. The summed E-state index contributed by atoms with van der Waals surface area (Å²) in [7, 11) is 0. The van der Waals surface area contributed by atoms with Crippen LogP contribution in [0.15, 0.2) is 18.2 Å². The number of guanidine groups is 2. The molecule has 1 aliphatic carbocycles. The average molecular weight is 281 g/mol. The van der Waals surface area contributed by atoms with Gasteiger partial charge in [-0.05, 0) is 25.0 Å². The molecule has 0 bridgehead atoms. The molecule has 0 radical (unpaired) electrons. The fraction of sp³-hybridized carbons (Fsp3) is 0.385. The van der Waals surface area contributed by atoms with Crippen molar-refractivity contribution in [2.75, 3.05) is 5.32 Å². The average Bonchev–Trinajstić information content (AvgIpc) is 2.79. The fourth-order valence-corrected chi connectivity index (χ4v) is 2.74. The van der Waals surface area contributed by atoms with Crippen molar-refractivity contribution in [1.29, 1.82) is 0 Å². The number of benzene rings is 1. The highest BCUT2D eigenvalue weighted by atomic mass is 19.1.